The molecule has 0 saturated carbocycles. The molecule has 0 amide bonds. The molecule has 0 atom stereocenters. The summed E-state index contributed by atoms with van der Waals surface area (Å²) in [5, 5.41) is 0. The second-order valence-corrected chi connectivity index (χ2v) is 5.65. The Morgan fingerprint density at radius 1 is 0.900 bits per heavy atom. The molecule has 104 valence electrons. The van der Waals surface area contributed by atoms with E-state index in [4.69, 9.17) is 0 Å². The molecule has 0 spiro atoms. The molecule has 0 aliphatic carbocycles. The van der Waals surface area contributed by atoms with E-state index in [2.05, 4.69) is 76.2 Å². The third-order valence-corrected chi connectivity index (χ3v) is 3.96. The lowest BCUT2D eigenvalue weighted by Crippen LogP contribution is -1.92. The van der Waals surface area contributed by atoms with Crippen LogP contribution in [0.2, 0.25) is 0 Å². The first-order chi connectivity index (χ1) is 9.61. The number of allylic oxidation sites excluding steroid dienone is 2. The lowest BCUT2D eigenvalue weighted by molar-refractivity contribution is 0.969. The van der Waals surface area contributed by atoms with Gasteiger partial charge in [0.05, 0.1) is 0 Å². The van der Waals surface area contributed by atoms with Gasteiger partial charge >= 0.3 is 0 Å². The Bertz CT molecular complexity index is 596. The molecule has 0 aliphatic rings. The minimum absolute atomic E-state index is 1.08. The number of hydrogen-bond acceptors (Lipinski definition) is 0. The van der Waals surface area contributed by atoms with E-state index in [1.165, 1.54) is 27.8 Å². The Morgan fingerprint density at radius 2 is 1.55 bits per heavy atom. The average molecular weight is 264 g/mol. The van der Waals surface area contributed by atoms with Crippen molar-refractivity contribution in [2.24, 2.45) is 0 Å². The van der Waals surface area contributed by atoms with E-state index in [0.29, 0.717) is 0 Å². The van der Waals surface area contributed by atoms with Crippen molar-refractivity contribution in [3.63, 3.8) is 0 Å². The van der Waals surface area contributed by atoms with Crippen LogP contribution in [0.5, 0.6) is 0 Å². The minimum atomic E-state index is 1.08. The fourth-order valence-electron chi connectivity index (χ4n) is 2.60. The van der Waals surface area contributed by atoms with Crippen LogP contribution in [0.1, 0.15) is 38.3 Å². The molecule has 0 aliphatic heterocycles. The van der Waals surface area contributed by atoms with Gasteiger partial charge in [0, 0.05) is 0 Å². The smallest absolute Gasteiger partial charge is 0.00647 e. The zero-order valence-electron chi connectivity index (χ0n) is 13.0. The maximum absolute atomic E-state index is 2.26. The standard InChI is InChI=1S/C20H24/c1-5-18(15(2)3)14-17-10-12-19(13-11-17)20-9-7-6-8-16(20)4/h6-13H,5,14H2,1-4H3. The van der Waals surface area contributed by atoms with Gasteiger partial charge in [-0.25, -0.2) is 0 Å². The van der Waals surface area contributed by atoms with Gasteiger partial charge in [-0.15, -0.1) is 0 Å². The molecule has 2 aromatic rings. The molecule has 2 rings (SSSR count). The average Bonchev–Trinajstić information content (AvgIpc) is 2.46. The van der Waals surface area contributed by atoms with Crippen molar-refractivity contribution >= 4 is 0 Å². The molecule has 0 saturated heterocycles. The van der Waals surface area contributed by atoms with E-state index in [9.17, 15) is 0 Å². The predicted octanol–water partition coefficient (Wildman–Crippen LogP) is 5.95. The second kappa shape index (κ2) is 6.56. The number of hydrogen-bond donors (Lipinski definition) is 0. The van der Waals surface area contributed by atoms with Crippen LogP contribution >= 0.6 is 0 Å². The summed E-state index contributed by atoms with van der Waals surface area (Å²) in [5.41, 5.74) is 8.38. The topological polar surface area (TPSA) is 0 Å². The summed E-state index contributed by atoms with van der Waals surface area (Å²) in [5.74, 6) is 0. The van der Waals surface area contributed by atoms with Crippen LogP contribution in [0.25, 0.3) is 11.1 Å². The van der Waals surface area contributed by atoms with Crippen molar-refractivity contribution in [2.45, 2.75) is 40.5 Å². The van der Waals surface area contributed by atoms with Gasteiger partial charge in [-0.3, -0.25) is 0 Å². The van der Waals surface area contributed by atoms with Crippen molar-refractivity contribution in [2.75, 3.05) is 0 Å². The summed E-state index contributed by atoms with van der Waals surface area (Å²) in [6.07, 6.45) is 2.22. The highest BCUT2D eigenvalue weighted by molar-refractivity contribution is 5.67. The normalized spacial score (nSPS) is 10.4. The molecular formula is C20H24. The van der Waals surface area contributed by atoms with Crippen LogP contribution in [0.15, 0.2) is 59.7 Å². The van der Waals surface area contributed by atoms with Crippen molar-refractivity contribution in [1.29, 1.82) is 0 Å². The highest BCUT2D eigenvalue weighted by Gasteiger charge is 2.03. The second-order valence-electron chi connectivity index (χ2n) is 5.65. The molecule has 0 radical (unpaired) electrons. The summed E-state index contributed by atoms with van der Waals surface area (Å²) in [7, 11) is 0. The first kappa shape index (κ1) is 14.6. The van der Waals surface area contributed by atoms with E-state index >= 15 is 0 Å². The Morgan fingerprint density at radius 3 is 2.10 bits per heavy atom. The molecule has 0 unspecified atom stereocenters. The summed E-state index contributed by atoms with van der Waals surface area (Å²) >= 11 is 0. The molecule has 0 bridgehead atoms. The van der Waals surface area contributed by atoms with Crippen molar-refractivity contribution in [1.82, 2.24) is 0 Å². The molecule has 0 aromatic heterocycles. The maximum atomic E-state index is 2.26. The number of benzene rings is 2. The number of rotatable bonds is 4. The summed E-state index contributed by atoms with van der Waals surface area (Å²) in [6.45, 7) is 8.83. The van der Waals surface area contributed by atoms with Gasteiger partial charge in [0.1, 0.15) is 0 Å². The van der Waals surface area contributed by atoms with E-state index in [-0.39, 0.29) is 0 Å². The van der Waals surface area contributed by atoms with Crippen LogP contribution in [0.4, 0.5) is 0 Å². The highest BCUT2D eigenvalue weighted by Crippen LogP contribution is 2.24. The lowest BCUT2D eigenvalue weighted by atomic mass is 9.96. The summed E-state index contributed by atoms with van der Waals surface area (Å²) < 4.78 is 0. The summed E-state index contributed by atoms with van der Waals surface area (Å²) in [4.78, 5) is 0. The van der Waals surface area contributed by atoms with Gasteiger partial charge in [0.15, 0.2) is 0 Å². The molecule has 0 fully saturated rings. The molecule has 0 heterocycles. The van der Waals surface area contributed by atoms with E-state index in [0.717, 1.165) is 12.8 Å². The van der Waals surface area contributed by atoms with Crippen molar-refractivity contribution in [3.05, 3.63) is 70.8 Å². The number of aryl methyl sites for hydroxylation is 1. The molecule has 0 nitrogen and oxygen atoms in total. The van der Waals surface area contributed by atoms with Gasteiger partial charge in [-0.05, 0) is 55.9 Å². The third-order valence-electron chi connectivity index (χ3n) is 3.96. The fourth-order valence-corrected chi connectivity index (χ4v) is 2.60. The zero-order valence-corrected chi connectivity index (χ0v) is 13.0. The lowest BCUT2D eigenvalue weighted by Gasteiger charge is -2.10. The summed E-state index contributed by atoms with van der Waals surface area (Å²) in [6, 6.07) is 17.6. The van der Waals surface area contributed by atoms with Gasteiger partial charge in [-0.1, -0.05) is 66.6 Å². The van der Waals surface area contributed by atoms with Gasteiger partial charge in [0.25, 0.3) is 0 Å². The molecule has 0 heteroatoms. The Labute approximate surface area is 123 Å². The SMILES string of the molecule is CCC(Cc1ccc(-c2ccccc2C)cc1)=C(C)C. The first-order valence-electron chi connectivity index (χ1n) is 7.42. The van der Waals surface area contributed by atoms with E-state index in [1.54, 1.807) is 5.57 Å². The largest absolute Gasteiger partial charge is 0.0769 e. The predicted molar refractivity (Wildman–Crippen MR) is 89.0 cm³/mol. The van der Waals surface area contributed by atoms with Crippen molar-refractivity contribution < 1.29 is 0 Å². The van der Waals surface area contributed by atoms with E-state index < -0.39 is 0 Å². The van der Waals surface area contributed by atoms with Gasteiger partial charge in [-0.2, -0.15) is 0 Å². The Hall–Kier alpha value is -1.82. The van der Waals surface area contributed by atoms with Crippen LogP contribution in [-0.2, 0) is 6.42 Å². The molecule has 20 heavy (non-hydrogen) atoms. The monoisotopic (exact) mass is 264 g/mol. The van der Waals surface area contributed by atoms with Gasteiger partial charge in [0.2, 0.25) is 0 Å². The van der Waals surface area contributed by atoms with E-state index in [1.807, 2.05) is 0 Å². The Kier molecular flexibility index (Phi) is 4.79. The third kappa shape index (κ3) is 3.39. The maximum Gasteiger partial charge on any atom is -0.00647 e. The minimum Gasteiger partial charge on any atom is -0.0769 e. The quantitative estimate of drug-likeness (QED) is 0.598. The molecule has 0 N–H and O–H groups in total. The van der Waals surface area contributed by atoms with Crippen LogP contribution in [0, 0.1) is 6.92 Å². The zero-order chi connectivity index (χ0) is 14.5. The molecule has 2 aromatic carbocycles. The van der Waals surface area contributed by atoms with Crippen LogP contribution in [-0.4, -0.2) is 0 Å². The van der Waals surface area contributed by atoms with Crippen LogP contribution in [0.3, 0.4) is 0 Å². The highest BCUT2D eigenvalue weighted by atomic mass is 14.1. The van der Waals surface area contributed by atoms with Crippen LogP contribution < -0.4 is 0 Å². The Balaban J connectivity index is 2.23. The fraction of sp³-hybridized carbons (Fsp3) is 0.300. The van der Waals surface area contributed by atoms with Crippen molar-refractivity contribution in [3.8, 4) is 11.1 Å². The molecular weight excluding hydrogens is 240 g/mol. The first-order valence-corrected chi connectivity index (χ1v) is 7.42. The van der Waals surface area contributed by atoms with Gasteiger partial charge < -0.3 is 0 Å².